The number of nitrogens with zero attached hydrogens (tertiary/aromatic N) is 1. The Morgan fingerprint density at radius 1 is 1.36 bits per heavy atom. The van der Waals surface area contributed by atoms with Crippen LogP contribution in [0.4, 0.5) is 0 Å². The van der Waals surface area contributed by atoms with E-state index in [9.17, 15) is 9.59 Å². The summed E-state index contributed by atoms with van der Waals surface area (Å²) in [5.41, 5.74) is 1.87. The molecule has 2 unspecified atom stereocenters. The summed E-state index contributed by atoms with van der Waals surface area (Å²) in [5, 5.41) is 0. The van der Waals surface area contributed by atoms with E-state index in [0.717, 1.165) is 11.1 Å². The fraction of sp³-hybridized carbons (Fsp3) is 0.333. The zero-order chi connectivity index (χ0) is 16.1. The summed E-state index contributed by atoms with van der Waals surface area (Å²) >= 11 is 0. The van der Waals surface area contributed by atoms with E-state index in [1.807, 2.05) is 49.4 Å². The molecular formula is C18H21NO3. The summed E-state index contributed by atoms with van der Waals surface area (Å²) in [6.45, 7) is 7.78. The van der Waals surface area contributed by atoms with Gasteiger partial charge in [0.1, 0.15) is 6.54 Å². The molecular weight excluding hydrogens is 278 g/mol. The number of rotatable bonds is 6. The molecule has 4 nitrogen and oxygen atoms in total. The fourth-order valence-electron chi connectivity index (χ4n) is 2.59. The van der Waals surface area contributed by atoms with Gasteiger partial charge in [-0.15, -0.1) is 0 Å². The highest BCUT2D eigenvalue weighted by atomic mass is 16.5. The number of likely N-dealkylation sites (tertiary alicyclic amines) is 1. The predicted molar refractivity (Wildman–Crippen MR) is 85.9 cm³/mol. The fourth-order valence-corrected chi connectivity index (χ4v) is 2.59. The zero-order valence-corrected chi connectivity index (χ0v) is 13.0. The minimum atomic E-state index is -0.380. The highest BCUT2D eigenvalue weighted by molar-refractivity contribution is 5.92. The van der Waals surface area contributed by atoms with E-state index in [1.54, 1.807) is 6.92 Å². The van der Waals surface area contributed by atoms with E-state index in [2.05, 4.69) is 6.58 Å². The first-order valence-corrected chi connectivity index (χ1v) is 7.39. The molecule has 1 fully saturated rings. The lowest BCUT2D eigenvalue weighted by atomic mass is 9.82. The van der Waals surface area contributed by atoms with Crippen LogP contribution >= 0.6 is 0 Å². The van der Waals surface area contributed by atoms with Gasteiger partial charge in [-0.05, 0) is 19.4 Å². The Morgan fingerprint density at radius 2 is 2.05 bits per heavy atom. The predicted octanol–water partition coefficient (Wildman–Crippen LogP) is 2.67. The number of carbonyl (C=O) groups excluding carboxylic acids is 2. The van der Waals surface area contributed by atoms with Crippen LogP contribution in [0.3, 0.4) is 0 Å². The third-order valence-corrected chi connectivity index (χ3v) is 3.67. The van der Waals surface area contributed by atoms with Crippen molar-refractivity contribution in [1.29, 1.82) is 0 Å². The van der Waals surface area contributed by atoms with Gasteiger partial charge in [-0.1, -0.05) is 54.6 Å². The molecule has 0 saturated carbocycles. The van der Waals surface area contributed by atoms with Gasteiger partial charge in [-0.3, -0.25) is 9.59 Å². The van der Waals surface area contributed by atoms with Crippen LogP contribution in [-0.4, -0.2) is 36.0 Å². The van der Waals surface area contributed by atoms with Gasteiger partial charge in [0.05, 0.1) is 18.6 Å². The van der Waals surface area contributed by atoms with E-state index >= 15 is 0 Å². The average Bonchev–Trinajstić information content (AvgIpc) is 2.49. The SMILES string of the molecule is C=C(C)C1C(=O)N(CC(=O)OCC)C1/C=C/c1ccccc1. The van der Waals surface area contributed by atoms with E-state index < -0.39 is 0 Å². The normalized spacial score (nSPS) is 20.8. The van der Waals surface area contributed by atoms with Gasteiger partial charge in [0.15, 0.2) is 0 Å². The summed E-state index contributed by atoms with van der Waals surface area (Å²) in [4.78, 5) is 25.4. The van der Waals surface area contributed by atoms with E-state index in [0.29, 0.717) is 6.61 Å². The maximum atomic E-state index is 12.2. The molecule has 1 aromatic carbocycles. The molecule has 0 N–H and O–H groups in total. The first-order chi connectivity index (χ1) is 10.5. The Labute approximate surface area is 131 Å². The van der Waals surface area contributed by atoms with Crippen molar-refractivity contribution in [2.75, 3.05) is 13.2 Å². The van der Waals surface area contributed by atoms with Crippen molar-refractivity contribution < 1.29 is 14.3 Å². The molecule has 0 bridgehead atoms. The molecule has 1 amide bonds. The van der Waals surface area contributed by atoms with Crippen molar-refractivity contribution in [2.24, 2.45) is 5.92 Å². The minimum Gasteiger partial charge on any atom is -0.465 e. The van der Waals surface area contributed by atoms with Gasteiger partial charge < -0.3 is 9.64 Å². The van der Waals surface area contributed by atoms with Crippen LogP contribution in [0.2, 0.25) is 0 Å². The molecule has 4 heteroatoms. The number of benzene rings is 1. The Hall–Kier alpha value is -2.36. The van der Waals surface area contributed by atoms with Crippen molar-refractivity contribution >= 4 is 18.0 Å². The molecule has 1 heterocycles. The Morgan fingerprint density at radius 3 is 2.64 bits per heavy atom. The van der Waals surface area contributed by atoms with Crippen LogP contribution in [-0.2, 0) is 14.3 Å². The molecule has 22 heavy (non-hydrogen) atoms. The van der Waals surface area contributed by atoms with Crippen LogP contribution in [0.25, 0.3) is 6.08 Å². The molecule has 0 radical (unpaired) electrons. The number of carbonyl (C=O) groups is 2. The summed E-state index contributed by atoms with van der Waals surface area (Å²) in [6, 6.07) is 9.70. The number of hydrogen-bond acceptors (Lipinski definition) is 3. The molecule has 1 aliphatic heterocycles. The molecule has 116 valence electrons. The standard InChI is InChI=1S/C18H21NO3/c1-4-22-16(20)12-19-15(17(13(2)3)18(19)21)11-10-14-8-6-5-7-9-14/h5-11,15,17H,2,4,12H2,1,3H3/b11-10+. The van der Waals surface area contributed by atoms with Crippen molar-refractivity contribution in [1.82, 2.24) is 4.90 Å². The van der Waals surface area contributed by atoms with Gasteiger partial charge in [-0.2, -0.15) is 0 Å². The Bertz CT molecular complexity index is 592. The number of β-lactam (4-membered cyclic amide) rings is 1. The van der Waals surface area contributed by atoms with Crippen LogP contribution < -0.4 is 0 Å². The van der Waals surface area contributed by atoms with E-state index in [1.165, 1.54) is 4.90 Å². The van der Waals surface area contributed by atoms with Crippen molar-refractivity contribution in [3.05, 3.63) is 54.1 Å². The van der Waals surface area contributed by atoms with Crippen LogP contribution in [0, 0.1) is 5.92 Å². The van der Waals surface area contributed by atoms with Crippen LogP contribution in [0.5, 0.6) is 0 Å². The summed E-state index contributed by atoms with van der Waals surface area (Å²) in [5.74, 6) is -0.702. The lowest BCUT2D eigenvalue weighted by molar-refractivity contribution is -0.160. The van der Waals surface area contributed by atoms with Crippen molar-refractivity contribution in [3.63, 3.8) is 0 Å². The summed E-state index contributed by atoms with van der Waals surface area (Å²) in [7, 11) is 0. The Kier molecular flexibility index (Phi) is 5.15. The molecule has 1 aliphatic rings. The lowest BCUT2D eigenvalue weighted by Crippen LogP contribution is -2.61. The quantitative estimate of drug-likeness (QED) is 0.461. The van der Waals surface area contributed by atoms with Crippen LogP contribution in [0.1, 0.15) is 19.4 Å². The monoisotopic (exact) mass is 299 g/mol. The molecule has 0 spiro atoms. The maximum absolute atomic E-state index is 12.2. The van der Waals surface area contributed by atoms with Crippen LogP contribution in [0.15, 0.2) is 48.6 Å². The number of esters is 1. The third-order valence-electron chi connectivity index (χ3n) is 3.67. The maximum Gasteiger partial charge on any atom is 0.325 e. The topological polar surface area (TPSA) is 46.6 Å². The highest BCUT2D eigenvalue weighted by Crippen LogP contribution is 2.33. The second-order valence-corrected chi connectivity index (χ2v) is 5.36. The van der Waals surface area contributed by atoms with Gasteiger partial charge in [-0.25, -0.2) is 0 Å². The molecule has 2 atom stereocenters. The van der Waals surface area contributed by atoms with E-state index in [4.69, 9.17) is 4.74 Å². The molecule has 2 rings (SSSR count). The molecule has 0 aliphatic carbocycles. The number of amides is 1. The van der Waals surface area contributed by atoms with Gasteiger partial charge in [0.2, 0.25) is 5.91 Å². The van der Waals surface area contributed by atoms with Gasteiger partial charge >= 0.3 is 5.97 Å². The Balaban J connectivity index is 2.12. The smallest absolute Gasteiger partial charge is 0.325 e. The van der Waals surface area contributed by atoms with Gasteiger partial charge in [0, 0.05) is 0 Å². The molecule has 1 aromatic rings. The summed E-state index contributed by atoms with van der Waals surface area (Å²) in [6.07, 6.45) is 3.92. The first-order valence-electron chi connectivity index (χ1n) is 7.39. The first kappa shape index (κ1) is 16.0. The van der Waals surface area contributed by atoms with Crippen molar-refractivity contribution in [3.8, 4) is 0 Å². The van der Waals surface area contributed by atoms with Crippen molar-refractivity contribution in [2.45, 2.75) is 19.9 Å². The average molecular weight is 299 g/mol. The lowest BCUT2D eigenvalue weighted by Gasteiger charge is -2.45. The zero-order valence-electron chi connectivity index (χ0n) is 13.0. The molecule has 0 aromatic heterocycles. The highest BCUT2D eigenvalue weighted by Gasteiger charge is 2.46. The minimum absolute atomic E-state index is 0.0136. The van der Waals surface area contributed by atoms with Gasteiger partial charge in [0.25, 0.3) is 0 Å². The molecule has 1 saturated heterocycles. The number of ether oxygens (including phenoxy) is 1. The largest absolute Gasteiger partial charge is 0.465 e. The second kappa shape index (κ2) is 7.07. The van der Waals surface area contributed by atoms with E-state index in [-0.39, 0.29) is 30.4 Å². The summed E-state index contributed by atoms with van der Waals surface area (Å²) < 4.78 is 4.92. The third kappa shape index (κ3) is 3.45. The second-order valence-electron chi connectivity index (χ2n) is 5.36. The number of hydrogen-bond donors (Lipinski definition) is 0.